The Labute approximate surface area is 163 Å². The van der Waals surface area contributed by atoms with Crippen molar-refractivity contribution in [1.29, 1.82) is 10.5 Å². The lowest BCUT2D eigenvalue weighted by molar-refractivity contribution is 0.0377. The third kappa shape index (κ3) is 15.4. The molecule has 2 N–H and O–H groups in total. The van der Waals surface area contributed by atoms with Gasteiger partial charge in [0.2, 0.25) is 0 Å². The normalized spacial score (nSPS) is 11.7. The summed E-state index contributed by atoms with van der Waals surface area (Å²) >= 11 is 2.57. The molecule has 0 heterocycles. The summed E-state index contributed by atoms with van der Waals surface area (Å²) in [6.45, 7) is 3.12. The first-order valence-electron chi connectivity index (χ1n) is 8.12. The van der Waals surface area contributed by atoms with Crippen molar-refractivity contribution < 1.29 is 29.2 Å². The minimum absolute atomic E-state index is 0.0106. The fourth-order valence-electron chi connectivity index (χ4n) is 1.48. The molecule has 0 aliphatic heterocycles. The van der Waals surface area contributed by atoms with Gasteiger partial charge < -0.3 is 29.2 Å². The average Bonchev–Trinajstić information content (AvgIpc) is 2.66. The molecule has 0 aliphatic rings. The third-order valence-electron chi connectivity index (χ3n) is 2.57. The second-order valence-corrected chi connectivity index (χ2v) is 6.69. The van der Waals surface area contributed by atoms with Crippen LogP contribution >= 0.6 is 23.5 Å². The van der Waals surface area contributed by atoms with Crippen molar-refractivity contribution in [3.63, 3.8) is 0 Å². The van der Waals surface area contributed by atoms with Gasteiger partial charge >= 0.3 is 0 Å². The Morgan fingerprint density at radius 3 is 1.27 bits per heavy atom. The second kappa shape index (κ2) is 20.5. The number of rotatable bonds is 18. The van der Waals surface area contributed by atoms with E-state index in [9.17, 15) is 10.5 Å². The van der Waals surface area contributed by atoms with E-state index in [1.54, 1.807) is 0 Å². The van der Waals surface area contributed by atoms with Gasteiger partial charge in [0.05, 0.1) is 66.1 Å². The van der Waals surface area contributed by atoms with Crippen LogP contribution in [0, 0.1) is 22.7 Å². The number of thioether (sulfide) groups is 2. The van der Waals surface area contributed by atoms with E-state index in [0.29, 0.717) is 74.2 Å². The maximum Gasteiger partial charge on any atom is 0.109 e. The molecule has 0 radical (unpaired) electrons. The lowest BCUT2D eigenvalue weighted by atomic mass is 10.5. The van der Waals surface area contributed by atoms with E-state index in [1.807, 2.05) is 0 Å². The van der Waals surface area contributed by atoms with Crippen LogP contribution in [-0.4, -0.2) is 87.8 Å². The molecule has 0 spiro atoms. The molecule has 0 atom stereocenters. The summed E-state index contributed by atoms with van der Waals surface area (Å²) < 4.78 is 20.8. The molecule has 0 aromatic heterocycles. The van der Waals surface area contributed by atoms with E-state index in [-0.39, 0.29) is 13.2 Å². The van der Waals surface area contributed by atoms with Gasteiger partial charge in [-0.1, -0.05) is 0 Å². The van der Waals surface area contributed by atoms with Gasteiger partial charge in [-0.15, -0.1) is 23.5 Å². The van der Waals surface area contributed by atoms with Crippen molar-refractivity contribution in [2.24, 2.45) is 0 Å². The van der Waals surface area contributed by atoms with Crippen LogP contribution in [0.25, 0.3) is 0 Å². The molecule has 0 unspecified atom stereocenters. The summed E-state index contributed by atoms with van der Waals surface area (Å²) in [5.41, 5.74) is 0. The van der Waals surface area contributed by atoms with Crippen LogP contribution in [0.15, 0.2) is 9.81 Å². The largest absolute Gasteiger partial charge is 0.394 e. The number of ether oxygens (including phenoxy) is 4. The van der Waals surface area contributed by atoms with E-state index >= 15 is 0 Å². The highest BCUT2D eigenvalue weighted by Gasteiger charge is 2.08. The first-order valence-corrected chi connectivity index (χ1v) is 10.1. The molecule has 8 nitrogen and oxygen atoms in total. The van der Waals surface area contributed by atoms with Gasteiger partial charge in [0, 0.05) is 11.5 Å². The molecular formula is C16H26N2O6S2. The predicted octanol–water partition coefficient (Wildman–Crippen LogP) is 0.763. The molecular weight excluding hydrogens is 380 g/mol. The average molecular weight is 407 g/mol. The Morgan fingerprint density at radius 1 is 0.615 bits per heavy atom. The van der Waals surface area contributed by atoms with Gasteiger partial charge in [-0.2, -0.15) is 10.5 Å². The SMILES string of the molecule is N#C/C(SCCOCCOCCO)=C(\C#N)SCCOCCOCCO. The van der Waals surface area contributed by atoms with Crippen LogP contribution < -0.4 is 0 Å². The van der Waals surface area contributed by atoms with Crippen LogP contribution in [0.5, 0.6) is 0 Å². The van der Waals surface area contributed by atoms with E-state index in [4.69, 9.17) is 29.2 Å². The fraction of sp³-hybridized carbons (Fsp3) is 0.750. The number of allylic oxidation sites excluding steroid dienone is 2. The molecule has 0 aromatic carbocycles. The maximum absolute atomic E-state index is 9.20. The van der Waals surface area contributed by atoms with Crippen molar-refractivity contribution in [2.75, 3.05) is 77.6 Å². The fourth-order valence-corrected chi connectivity index (χ4v) is 3.12. The third-order valence-corrected chi connectivity index (χ3v) is 4.61. The van der Waals surface area contributed by atoms with Gasteiger partial charge in [0.25, 0.3) is 0 Å². The molecule has 0 fully saturated rings. The summed E-state index contributed by atoms with van der Waals surface area (Å²) in [6.07, 6.45) is 0. The number of nitrogens with zero attached hydrogens (tertiary/aromatic N) is 2. The first-order chi connectivity index (χ1) is 12.8. The standard InChI is InChI=1S/C16H26N2O6S2/c17-13-15(25-11-9-23-7-5-21-3-1-19)16(14-18)26-12-10-24-8-6-22-4-2-20/h19-20H,1-12H2/b16-15-. The second-order valence-electron chi connectivity index (χ2n) is 4.48. The van der Waals surface area contributed by atoms with Crippen LogP contribution in [0.2, 0.25) is 0 Å². The molecule has 0 aliphatic carbocycles. The van der Waals surface area contributed by atoms with Gasteiger partial charge in [0.1, 0.15) is 21.9 Å². The van der Waals surface area contributed by atoms with Crippen molar-refractivity contribution in [3.05, 3.63) is 9.81 Å². The van der Waals surface area contributed by atoms with Crippen molar-refractivity contribution in [1.82, 2.24) is 0 Å². The van der Waals surface area contributed by atoms with Crippen LogP contribution in [0.1, 0.15) is 0 Å². The summed E-state index contributed by atoms with van der Waals surface area (Å²) in [5, 5.41) is 35.5. The molecule has 0 saturated heterocycles. The molecule has 10 heteroatoms. The Bertz CT molecular complexity index is 411. The van der Waals surface area contributed by atoms with Crippen molar-refractivity contribution >= 4 is 23.5 Å². The summed E-state index contributed by atoms with van der Waals surface area (Å²) in [7, 11) is 0. The predicted molar refractivity (Wildman–Crippen MR) is 101 cm³/mol. The monoisotopic (exact) mass is 406 g/mol. The van der Waals surface area contributed by atoms with Crippen molar-refractivity contribution in [3.8, 4) is 12.1 Å². The van der Waals surface area contributed by atoms with E-state index in [0.717, 1.165) is 0 Å². The summed E-state index contributed by atoms with van der Waals surface area (Å²) in [4.78, 5) is 0.757. The molecule has 148 valence electrons. The van der Waals surface area contributed by atoms with E-state index in [1.165, 1.54) is 23.5 Å². The summed E-state index contributed by atoms with van der Waals surface area (Å²) in [6, 6.07) is 4.11. The van der Waals surface area contributed by atoms with Crippen LogP contribution in [0.4, 0.5) is 0 Å². The van der Waals surface area contributed by atoms with Gasteiger partial charge in [-0.3, -0.25) is 0 Å². The minimum Gasteiger partial charge on any atom is -0.394 e. The smallest absolute Gasteiger partial charge is 0.109 e. The van der Waals surface area contributed by atoms with E-state index in [2.05, 4.69) is 12.1 Å². The van der Waals surface area contributed by atoms with E-state index < -0.39 is 0 Å². The molecule has 0 rings (SSSR count). The Kier molecular flexibility index (Phi) is 19.8. The number of hydrogen-bond acceptors (Lipinski definition) is 10. The van der Waals surface area contributed by atoms with Crippen molar-refractivity contribution in [2.45, 2.75) is 0 Å². The zero-order valence-electron chi connectivity index (χ0n) is 14.7. The quantitative estimate of drug-likeness (QED) is 0.249. The molecule has 0 bridgehead atoms. The highest BCUT2D eigenvalue weighted by molar-refractivity contribution is 8.07. The lowest BCUT2D eigenvalue weighted by Crippen LogP contribution is -2.09. The number of aliphatic hydroxyl groups excluding tert-OH is 2. The van der Waals surface area contributed by atoms with Gasteiger partial charge in [-0.25, -0.2) is 0 Å². The Hall–Kier alpha value is -0.820. The van der Waals surface area contributed by atoms with Gasteiger partial charge in [-0.05, 0) is 0 Å². The number of aliphatic hydroxyl groups is 2. The Balaban J connectivity index is 3.88. The van der Waals surface area contributed by atoms with Crippen LogP contribution in [-0.2, 0) is 18.9 Å². The zero-order chi connectivity index (χ0) is 19.3. The van der Waals surface area contributed by atoms with Gasteiger partial charge in [0.15, 0.2) is 0 Å². The molecule has 0 saturated carbocycles. The van der Waals surface area contributed by atoms with Crippen LogP contribution in [0.3, 0.4) is 0 Å². The summed E-state index contributed by atoms with van der Waals surface area (Å²) in [5.74, 6) is 1.13. The molecule has 0 aromatic rings. The molecule has 0 amide bonds. The first kappa shape index (κ1) is 25.2. The maximum atomic E-state index is 9.20. The zero-order valence-corrected chi connectivity index (χ0v) is 16.4. The number of hydrogen-bond donors (Lipinski definition) is 2. The molecule has 26 heavy (non-hydrogen) atoms. The lowest BCUT2D eigenvalue weighted by Gasteiger charge is -2.06. The highest BCUT2D eigenvalue weighted by Crippen LogP contribution is 2.26. The minimum atomic E-state index is -0.0106. The Morgan fingerprint density at radius 2 is 0.962 bits per heavy atom. The highest BCUT2D eigenvalue weighted by atomic mass is 32.2. The number of nitriles is 2. The topological polar surface area (TPSA) is 125 Å².